The fourth-order valence-corrected chi connectivity index (χ4v) is 11.5. The molecule has 28 heavy (non-hydrogen) atoms. The van der Waals surface area contributed by atoms with Gasteiger partial charge in [0.25, 0.3) is 0 Å². The van der Waals surface area contributed by atoms with Crippen LogP contribution >= 0.6 is 22.6 Å². The van der Waals surface area contributed by atoms with Crippen LogP contribution in [0.3, 0.4) is 0 Å². The van der Waals surface area contributed by atoms with E-state index in [9.17, 15) is 16.8 Å². The van der Waals surface area contributed by atoms with Gasteiger partial charge in [-0.2, -0.15) is 0 Å². The zero-order valence-corrected chi connectivity index (χ0v) is 19.3. The molecule has 0 saturated heterocycles. The summed E-state index contributed by atoms with van der Waals surface area (Å²) in [6.45, 7) is 5.62. The van der Waals surface area contributed by atoms with Crippen molar-refractivity contribution in [1.82, 2.24) is 0 Å². The Labute approximate surface area is 181 Å². The van der Waals surface area contributed by atoms with Crippen molar-refractivity contribution < 1.29 is 16.8 Å². The Morgan fingerprint density at radius 3 is 1.71 bits per heavy atom. The van der Waals surface area contributed by atoms with Crippen LogP contribution in [0, 0.1) is 17.8 Å². The van der Waals surface area contributed by atoms with E-state index in [2.05, 4.69) is 29.2 Å². The molecule has 0 radical (unpaired) electrons. The van der Waals surface area contributed by atoms with Gasteiger partial charge in [-0.15, -0.1) is 6.58 Å². The van der Waals surface area contributed by atoms with Gasteiger partial charge in [0.15, 0.2) is 23.8 Å². The minimum atomic E-state index is -4.18. The lowest BCUT2D eigenvalue weighted by Gasteiger charge is -2.34. The number of hydrogen-bond acceptors (Lipinski definition) is 4. The maximum Gasteiger partial charge on any atom is 0.199 e. The number of hydrogen-bond donors (Lipinski definition) is 0. The van der Waals surface area contributed by atoms with E-state index in [1.54, 1.807) is 49.4 Å². The van der Waals surface area contributed by atoms with Gasteiger partial charge in [0, 0.05) is 4.43 Å². The third-order valence-corrected chi connectivity index (χ3v) is 12.9. The van der Waals surface area contributed by atoms with Gasteiger partial charge in [0.2, 0.25) is 0 Å². The highest BCUT2D eigenvalue weighted by Crippen LogP contribution is 2.56. The van der Waals surface area contributed by atoms with Gasteiger partial charge >= 0.3 is 0 Å². The predicted molar refractivity (Wildman–Crippen MR) is 120 cm³/mol. The lowest BCUT2D eigenvalue weighted by atomic mass is 9.93. The van der Waals surface area contributed by atoms with E-state index >= 15 is 0 Å². The smallest absolute Gasteiger partial charge is 0.199 e. The number of allylic oxidation sites excluding steroid dienone is 1. The summed E-state index contributed by atoms with van der Waals surface area (Å²) in [4.78, 5) is 0.0801. The van der Waals surface area contributed by atoms with Crippen LogP contribution in [-0.4, -0.2) is 25.3 Å². The fraction of sp³-hybridized carbons (Fsp3) is 0.333. The van der Waals surface area contributed by atoms with E-state index in [0.717, 1.165) is 0 Å². The molecule has 0 spiro atoms. The van der Waals surface area contributed by atoms with E-state index in [-0.39, 0.29) is 28.0 Å². The molecule has 0 unspecified atom stereocenters. The Kier molecular flexibility index (Phi) is 6.08. The van der Waals surface area contributed by atoms with Crippen molar-refractivity contribution in [1.29, 1.82) is 0 Å². The maximum atomic E-state index is 13.9. The molecule has 0 heterocycles. The Hall–Kier alpha value is -1.19. The van der Waals surface area contributed by atoms with Crippen molar-refractivity contribution in [3.8, 4) is 0 Å². The first-order valence-electron chi connectivity index (χ1n) is 9.02. The molecule has 3 atom stereocenters. The van der Waals surface area contributed by atoms with Crippen molar-refractivity contribution in [2.75, 3.05) is 4.43 Å². The lowest BCUT2D eigenvalue weighted by molar-refractivity contribution is 0.402. The average Bonchev–Trinajstić information content (AvgIpc) is 3.02. The first-order valence-corrected chi connectivity index (χ1v) is 13.5. The molecular weight excluding hydrogens is 507 g/mol. The van der Waals surface area contributed by atoms with Gasteiger partial charge in [0.1, 0.15) is 0 Å². The van der Waals surface area contributed by atoms with Crippen molar-refractivity contribution in [3.63, 3.8) is 0 Å². The summed E-state index contributed by atoms with van der Waals surface area (Å²) in [6.07, 6.45) is 1.72. The second-order valence-corrected chi connectivity index (χ2v) is 12.7. The Morgan fingerprint density at radius 1 is 0.964 bits per heavy atom. The highest BCUT2D eigenvalue weighted by atomic mass is 127. The minimum Gasteiger partial charge on any atom is -0.222 e. The summed E-state index contributed by atoms with van der Waals surface area (Å²) in [7, 11) is -8.36. The zero-order chi connectivity index (χ0) is 20.6. The summed E-state index contributed by atoms with van der Waals surface area (Å²) in [5.74, 6) is -0.859. The third-order valence-electron chi connectivity index (χ3n) is 5.90. The van der Waals surface area contributed by atoms with E-state index in [0.29, 0.717) is 4.43 Å². The second-order valence-electron chi connectivity index (χ2n) is 7.16. The first kappa shape index (κ1) is 21.5. The normalized spacial score (nSPS) is 24.7. The van der Waals surface area contributed by atoms with Crippen LogP contribution in [0.4, 0.5) is 0 Å². The molecule has 0 aliphatic heterocycles. The molecule has 1 saturated carbocycles. The van der Waals surface area contributed by atoms with Gasteiger partial charge in [-0.05, 0) is 48.4 Å². The van der Waals surface area contributed by atoms with Crippen molar-refractivity contribution in [2.24, 2.45) is 17.8 Å². The predicted octanol–water partition coefficient (Wildman–Crippen LogP) is 4.52. The summed E-state index contributed by atoms with van der Waals surface area (Å²) in [5.41, 5.74) is 0. The lowest BCUT2D eigenvalue weighted by Crippen LogP contribution is -2.49. The average molecular weight is 530 g/mol. The summed E-state index contributed by atoms with van der Waals surface area (Å²) in [6, 6.07) is 15.8. The summed E-state index contributed by atoms with van der Waals surface area (Å²) in [5, 5.41) is 0. The van der Waals surface area contributed by atoms with Gasteiger partial charge < -0.3 is 0 Å². The van der Waals surface area contributed by atoms with Crippen LogP contribution in [0.5, 0.6) is 0 Å². The molecule has 4 nitrogen and oxygen atoms in total. The molecule has 7 heteroatoms. The van der Waals surface area contributed by atoms with E-state index < -0.39 is 29.7 Å². The first-order chi connectivity index (χ1) is 13.2. The second kappa shape index (κ2) is 7.91. The van der Waals surface area contributed by atoms with Gasteiger partial charge in [-0.1, -0.05) is 72.0 Å². The molecule has 0 amide bonds. The number of halogens is 1. The molecular formula is C21H23IO4S2. The van der Waals surface area contributed by atoms with Gasteiger partial charge in [-0.25, -0.2) is 16.8 Å². The molecule has 1 aliphatic rings. The number of rotatable bonds is 6. The summed E-state index contributed by atoms with van der Waals surface area (Å²) >= 11 is 2.21. The molecule has 1 aliphatic carbocycles. The highest BCUT2D eigenvalue weighted by molar-refractivity contribution is 14.1. The molecule has 2 aromatic rings. The Morgan fingerprint density at radius 2 is 1.39 bits per heavy atom. The van der Waals surface area contributed by atoms with E-state index in [1.165, 1.54) is 24.3 Å². The maximum absolute atomic E-state index is 13.9. The quantitative estimate of drug-likeness (QED) is 0.313. The monoisotopic (exact) mass is 530 g/mol. The van der Waals surface area contributed by atoms with Crippen LogP contribution < -0.4 is 0 Å². The van der Waals surface area contributed by atoms with Crippen molar-refractivity contribution in [2.45, 2.75) is 27.2 Å². The summed E-state index contributed by atoms with van der Waals surface area (Å²) < 4.78 is 54.3. The van der Waals surface area contributed by atoms with E-state index in [1.807, 2.05) is 0 Å². The molecule has 2 aromatic carbocycles. The largest absolute Gasteiger partial charge is 0.222 e. The van der Waals surface area contributed by atoms with Crippen LogP contribution in [0.25, 0.3) is 0 Å². The molecule has 3 rings (SSSR count). The van der Waals surface area contributed by atoms with Crippen LogP contribution in [0.1, 0.15) is 13.3 Å². The number of benzene rings is 2. The van der Waals surface area contributed by atoms with Crippen molar-refractivity contribution >= 4 is 42.3 Å². The number of alkyl halides is 1. The minimum absolute atomic E-state index is 0.0137. The van der Waals surface area contributed by atoms with Crippen LogP contribution in [0.15, 0.2) is 83.1 Å². The SMILES string of the molecule is C=C[C@H]1CC(S(=O)(=O)c2ccccc2)(S(=O)(=O)c2ccccc2)[C@@H](C)[C@@H]1CI. The van der Waals surface area contributed by atoms with Gasteiger partial charge in [-0.3, -0.25) is 0 Å². The standard InChI is InChI=1S/C21H23IO4S2/c1-3-17-14-21(16(2)20(17)15-22,27(23,24)18-10-6-4-7-11-18)28(25,26)19-12-8-5-9-13-19/h3-13,16-17,20H,1,14-15H2,2H3/t16-,17-,20-/m0/s1. The third kappa shape index (κ3) is 3.06. The fourth-order valence-electron chi connectivity index (χ4n) is 4.32. The molecule has 0 N–H and O–H groups in total. The van der Waals surface area contributed by atoms with Crippen molar-refractivity contribution in [3.05, 3.63) is 73.3 Å². The Balaban J connectivity index is 2.35. The van der Waals surface area contributed by atoms with Gasteiger partial charge in [0.05, 0.1) is 9.79 Å². The van der Waals surface area contributed by atoms with E-state index in [4.69, 9.17) is 0 Å². The number of sulfone groups is 2. The molecule has 0 bridgehead atoms. The topological polar surface area (TPSA) is 68.3 Å². The van der Waals surface area contributed by atoms with Crippen LogP contribution in [0.2, 0.25) is 0 Å². The molecule has 0 aromatic heterocycles. The molecule has 1 fully saturated rings. The van der Waals surface area contributed by atoms with Crippen LogP contribution in [-0.2, 0) is 19.7 Å². The zero-order valence-electron chi connectivity index (χ0n) is 15.5. The highest BCUT2D eigenvalue weighted by Gasteiger charge is 2.66. The Bertz CT molecular complexity index is 979. The molecule has 150 valence electrons.